The highest BCUT2D eigenvalue weighted by atomic mass is 79.9. The third-order valence-corrected chi connectivity index (χ3v) is 2.94. The van der Waals surface area contributed by atoms with E-state index in [0.29, 0.717) is 11.8 Å². The lowest BCUT2D eigenvalue weighted by Crippen LogP contribution is -2.20. The second kappa shape index (κ2) is 6.00. The van der Waals surface area contributed by atoms with Crippen molar-refractivity contribution in [3.05, 3.63) is 58.1 Å². The van der Waals surface area contributed by atoms with Crippen molar-refractivity contribution in [3.8, 4) is 0 Å². The van der Waals surface area contributed by atoms with E-state index in [4.69, 9.17) is 0 Å². The van der Waals surface area contributed by atoms with E-state index in [-0.39, 0.29) is 5.69 Å². The van der Waals surface area contributed by atoms with Gasteiger partial charge in [0.15, 0.2) is 0 Å². The second-order valence-corrected chi connectivity index (χ2v) is 5.14. The van der Waals surface area contributed by atoms with Crippen LogP contribution in [0.1, 0.15) is 5.56 Å². The third-order valence-electron chi connectivity index (χ3n) is 2.48. The molecule has 2 N–H and O–H groups in total. The van der Waals surface area contributed by atoms with Crippen LogP contribution in [0.5, 0.6) is 0 Å². The molecule has 0 atom stereocenters. The summed E-state index contributed by atoms with van der Waals surface area (Å²) in [6.45, 7) is 1.88. The summed E-state index contributed by atoms with van der Waals surface area (Å²) in [7, 11) is 0. The van der Waals surface area contributed by atoms with Crippen LogP contribution < -0.4 is 10.6 Å². The SMILES string of the molecule is Cc1cc(Br)cc(NC(=O)Nc2ccc(F)cc2F)c1. The molecule has 0 heterocycles. The number of amides is 2. The summed E-state index contributed by atoms with van der Waals surface area (Å²) < 4.78 is 27.0. The molecule has 104 valence electrons. The molecule has 20 heavy (non-hydrogen) atoms. The molecule has 0 spiro atoms. The number of benzene rings is 2. The van der Waals surface area contributed by atoms with Gasteiger partial charge in [-0.05, 0) is 42.8 Å². The topological polar surface area (TPSA) is 41.1 Å². The molecule has 0 aromatic heterocycles. The summed E-state index contributed by atoms with van der Waals surface area (Å²) in [5.74, 6) is -1.53. The molecule has 2 rings (SSSR count). The van der Waals surface area contributed by atoms with E-state index in [2.05, 4.69) is 26.6 Å². The molecule has 0 unspecified atom stereocenters. The lowest BCUT2D eigenvalue weighted by Gasteiger charge is -2.09. The number of urea groups is 1. The summed E-state index contributed by atoms with van der Waals surface area (Å²) in [5, 5.41) is 4.89. The molecule has 0 aliphatic heterocycles. The van der Waals surface area contributed by atoms with E-state index in [9.17, 15) is 13.6 Å². The van der Waals surface area contributed by atoms with E-state index in [0.717, 1.165) is 22.2 Å². The maximum atomic E-state index is 13.4. The number of carbonyl (C=O) groups is 1. The Balaban J connectivity index is 2.09. The van der Waals surface area contributed by atoms with Gasteiger partial charge < -0.3 is 10.6 Å². The Morgan fingerprint density at radius 1 is 1.10 bits per heavy atom. The fourth-order valence-corrected chi connectivity index (χ4v) is 2.29. The van der Waals surface area contributed by atoms with Crippen molar-refractivity contribution in [3.63, 3.8) is 0 Å². The molecule has 6 heteroatoms. The zero-order chi connectivity index (χ0) is 14.7. The Hall–Kier alpha value is -1.95. The highest BCUT2D eigenvalue weighted by Crippen LogP contribution is 2.20. The molecule has 2 amide bonds. The zero-order valence-corrected chi connectivity index (χ0v) is 12.1. The van der Waals surface area contributed by atoms with Gasteiger partial charge in [-0.3, -0.25) is 0 Å². The molecule has 0 radical (unpaired) electrons. The van der Waals surface area contributed by atoms with Crippen molar-refractivity contribution in [2.75, 3.05) is 10.6 Å². The lowest BCUT2D eigenvalue weighted by atomic mass is 10.2. The third kappa shape index (κ3) is 3.77. The standard InChI is InChI=1S/C14H11BrF2N2O/c1-8-4-9(15)6-11(5-8)18-14(20)19-13-3-2-10(16)7-12(13)17/h2-7H,1H3,(H2,18,19,20). The molecule has 0 fully saturated rings. The summed E-state index contributed by atoms with van der Waals surface area (Å²) in [5.41, 5.74) is 1.44. The Morgan fingerprint density at radius 2 is 1.85 bits per heavy atom. The van der Waals surface area contributed by atoms with Crippen molar-refractivity contribution < 1.29 is 13.6 Å². The van der Waals surface area contributed by atoms with Crippen LogP contribution in [-0.4, -0.2) is 6.03 Å². The van der Waals surface area contributed by atoms with Crippen LogP contribution in [0.15, 0.2) is 40.9 Å². The average molecular weight is 341 g/mol. The Kier molecular flexibility index (Phi) is 4.34. The minimum absolute atomic E-state index is 0.0874. The van der Waals surface area contributed by atoms with Gasteiger partial charge in [-0.2, -0.15) is 0 Å². The molecule has 0 bridgehead atoms. The Morgan fingerprint density at radius 3 is 2.50 bits per heavy atom. The number of hydrogen-bond donors (Lipinski definition) is 2. The van der Waals surface area contributed by atoms with Crippen LogP contribution in [0, 0.1) is 18.6 Å². The summed E-state index contributed by atoms with van der Waals surface area (Å²) in [6.07, 6.45) is 0. The van der Waals surface area contributed by atoms with Crippen LogP contribution in [0.4, 0.5) is 25.0 Å². The minimum Gasteiger partial charge on any atom is -0.308 e. The first-order chi connectivity index (χ1) is 9.44. The van der Waals surface area contributed by atoms with Gasteiger partial charge in [0.1, 0.15) is 11.6 Å². The van der Waals surface area contributed by atoms with E-state index in [1.807, 2.05) is 13.0 Å². The second-order valence-electron chi connectivity index (χ2n) is 4.22. The number of nitrogens with one attached hydrogen (secondary N) is 2. The van der Waals surface area contributed by atoms with Gasteiger partial charge in [0.05, 0.1) is 5.69 Å². The van der Waals surface area contributed by atoms with Crippen molar-refractivity contribution in [1.29, 1.82) is 0 Å². The molecule has 0 saturated carbocycles. The van der Waals surface area contributed by atoms with Crippen LogP contribution >= 0.6 is 15.9 Å². The van der Waals surface area contributed by atoms with Gasteiger partial charge >= 0.3 is 6.03 Å². The first-order valence-corrected chi connectivity index (χ1v) is 6.53. The predicted octanol–water partition coefficient (Wildman–Crippen LogP) is 4.68. The number of hydrogen-bond acceptors (Lipinski definition) is 1. The first-order valence-electron chi connectivity index (χ1n) is 5.74. The first kappa shape index (κ1) is 14.5. The van der Waals surface area contributed by atoms with Crippen molar-refractivity contribution in [2.24, 2.45) is 0 Å². The van der Waals surface area contributed by atoms with Crippen LogP contribution in [-0.2, 0) is 0 Å². The summed E-state index contributed by atoms with van der Waals surface area (Å²) in [4.78, 5) is 11.7. The minimum atomic E-state index is -0.828. The van der Waals surface area contributed by atoms with E-state index < -0.39 is 17.7 Å². The van der Waals surface area contributed by atoms with Gasteiger partial charge in [-0.15, -0.1) is 0 Å². The van der Waals surface area contributed by atoms with Gasteiger partial charge in [0.25, 0.3) is 0 Å². The Labute approximate surface area is 123 Å². The van der Waals surface area contributed by atoms with Crippen LogP contribution in [0.3, 0.4) is 0 Å². The van der Waals surface area contributed by atoms with Crippen LogP contribution in [0.2, 0.25) is 0 Å². The molecule has 2 aromatic carbocycles. The number of aryl methyl sites for hydroxylation is 1. The molecule has 0 aliphatic carbocycles. The monoisotopic (exact) mass is 340 g/mol. The normalized spacial score (nSPS) is 10.2. The summed E-state index contributed by atoms with van der Waals surface area (Å²) >= 11 is 3.32. The van der Waals surface area contributed by atoms with E-state index in [1.165, 1.54) is 0 Å². The molecular formula is C14H11BrF2N2O. The molecular weight excluding hydrogens is 330 g/mol. The van der Waals surface area contributed by atoms with Crippen molar-refractivity contribution >= 4 is 33.3 Å². The highest BCUT2D eigenvalue weighted by Gasteiger charge is 2.08. The zero-order valence-electron chi connectivity index (χ0n) is 10.5. The fraction of sp³-hybridized carbons (Fsp3) is 0.0714. The molecule has 2 aromatic rings. The maximum absolute atomic E-state index is 13.4. The fourth-order valence-electron chi connectivity index (χ4n) is 1.68. The van der Waals surface area contributed by atoms with Crippen molar-refractivity contribution in [2.45, 2.75) is 6.92 Å². The lowest BCUT2D eigenvalue weighted by molar-refractivity contribution is 0.262. The molecule has 0 saturated heterocycles. The van der Waals surface area contributed by atoms with Crippen LogP contribution in [0.25, 0.3) is 0 Å². The number of halogens is 3. The van der Waals surface area contributed by atoms with Crippen molar-refractivity contribution in [1.82, 2.24) is 0 Å². The average Bonchev–Trinajstić information content (AvgIpc) is 2.31. The number of anilines is 2. The number of carbonyl (C=O) groups excluding carboxylic acids is 1. The Bertz CT molecular complexity index is 641. The number of rotatable bonds is 2. The molecule has 0 aliphatic rings. The summed E-state index contributed by atoms with van der Waals surface area (Å²) in [6, 6.07) is 7.71. The van der Waals surface area contributed by atoms with Gasteiger partial charge in [0, 0.05) is 16.2 Å². The van der Waals surface area contributed by atoms with Gasteiger partial charge in [-0.25, -0.2) is 13.6 Å². The largest absolute Gasteiger partial charge is 0.323 e. The van der Waals surface area contributed by atoms with Gasteiger partial charge in [-0.1, -0.05) is 15.9 Å². The highest BCUT2D eigenvalue weighted by molar-refractivity contribution is 9.10. The maximum Gasteiger partial charge on any atom is 0.323 e. The van der Waals surface area contributed by atoms with Gasteiger partial charge in [0.2, 0.25) is 0 Å². The van der Waals surface area contributed by atoms with E-state index >= 15 is 0 Å². The molecule has 3 nitrogen and oxygen atoms in total. The van der Waals surface area contributed by atoms with E-state index in [1.54, 1.807) is 12.1 Å². The predicted molar refractivity (Wildman–Crippen MR) is 77.9 cm³/mol. The quantitative estimate of drug-likeness (QED) is 0.818. The smallest absolute Gasteiger partial charge is 0.308 e.